The number of nitriles is 2. The standard InChI is InChI=1S/C25H18N4O3S/c1-15-22(16(2)32-29-15)13-31-20-9-7-19(8-10-20)24(30)21(12-27)25-28-23(14-33-25)18-5-3-17(11-26)4-6-18/h3-10,14,21H,13H2,1-2H3. The van der Waals surface area contributed by atoms with E-state index in [1.165, 1.54) is 11.3 Å². The lowest BCUT2D eigenvalue weighted by molar-refractivity contribution is 0.0979. The molecule has 2 aromatic heterocycles. The van der Waals surface area contributed by atoms with Crippen molar-refractivity contribution in [3.8, 4) is 29.1 Å². The van der Waals surface area contributed by atoms with Gasteiger partial charge in [0.2, 0.25) is 0 Å². The predicted molar refractivity (Wildman–Crippen MR) is 122 cm³/mol. The monoisotopic (exact) mass is 454 g/mol. The van der Waals surface area contributed by atoms with Crippen LogP contribution in [0.25, 0.3) is 11.3 Å². The van der Waals surface area contributed by atoms with E-state index >= 15 is 0 Å². The molecule has 4 rings (SSSR count). The number of ketones is 1. The maximum atomic E-state index is 13.0. The summed E-state index contributed by atoms with van der Waals surface area (Å²) in [7, 11) is 0. The molecule has 2 heterocycles. The van der Waals surface area contributed by atoms with E-state index in [4.69, 9.17) is 14.5 Å². The molecule has 0 spiro atoms. The molecule has 4 aromatic rings. The zero-order valence-electron chi connectivity index (χ0n) is 17.9. The zero-order valence-corrected chi connectivity index (χ0v) is 18.7. The van der Waals surface area contributed by atoms with Crippen LogP contribution in [0.5, 0.6) is 5.75 Å². The summed E-state index contributed by atoms with van der Waals surface area (Å²) in [5, 5.41) is 24.8. The van der Waals surface area contributed by atoms with E-state index < -0.39 is 5.92 Å². The van der Waals surface area contributed by atoms with Gasteiger partial charge in [0.1, 0.15) is 23.1 Å². The molecular weight excluding hydrogens is 436 g/mol. The van der Waals surface area contributed by atoms with E-state index in [1.54, 1.807) is 53.9 Å². The molecule has 1 unspecified atom stereocenters. The molecule has 0 bridgehead atoms. The van der Waals surface area contributed by atoms with Crippen LogP contribution in [0.15, 0.2) is 58.4 Å². The Bertz CT molecular complexity index is 1350. The van der Waals surface area contributed by atoms with Gasteiger partial charge in [0, 0.05) is 16.5 Å². The van der Waals surface area contributed by atoms with Crippen LogP contribution in [0.2, 0.25) is 0 Å². The molecule has 7 nitrogen and oxygen atoms in total. The van der Waals surface area contributed by atoms with Crippen LogP contribution in [0.4, 0.5) is 0 Å². The van der Waals surface area contributed by atoms with Crippen LogP contribution in [0.1, 0.15) is 43.9 Å². The first-order chi connectivity index (χ1) is 16.0. The van der Waals surface area contributed by atoms with E-state index in [1.807, 2.05) is 13.8 Å². The van der Waals surface area contributed by atoms with Gasteiger partial charge in [0.25, 0.3) is 0 Å². The second-order valence-electron chi connectivity index (χ2n) is 7.30. The van der Waals surface area contributed by atoms with Gasteiger partial charge < -0.3 is 9.26 Å². The number of benzene rings is 2. The van der Waals surface area contributed by atoms with Crippen LogP contribution in [0, 0.1) is 36.5 Å². The molecule has 0 N–H and O–H groups in total. The molecule has 8 heteroatoms. The Morgan fingerprint density at radius 2 is 1.85 bits per heavy atom. The van der Waals surface area contributed by atoms with Gasteiger partial charge in [0.05, 0.1) is 34.7 Å². The van der Waals surface area contributed by atoms with Crippen molar-refractivity contribution in [3.05, 3.63) is 87.1 Å². The molecule has 0 aliphatic rings. The third kappa shape index (κ3) is 4.67. The van der Waals surface area contributed by atoms with Crippen LogP contribution in [-0.4, -0.2) is 15.9 Å². The zero-order chi connectivity index (χ0) is 23.4. The highest BCUT2D eigenvalue weighted by Crippen LogP contribution is 2.29. The first-order valence-electron chi connectivity index (χ1n) is 10.0. The first-order valence-corrected chi connectivity index (χ1v) is 10.9. The fourth-order valence-electron chi connectivity index (χ4n) is 3.24. The van der Waals surface area contributed by atoms with E-state index in [-0.39, 0.29) is 5.78 Å². The van der Waals surface area contributed by atoms with Gasteiger partial charge in [-0.15, -0.1) is 11.3 Å². The van der Waals surface area contributed by atoms with E-state index in [2.05, 4.69) is 22.3 Å². The van der Waals surface area contributed by atoms with Crippen molar-refractivity contribution in [1.82, 2.24) is 10.1 Å². The largest absolute Gasteiger partial charge is 0.489 e. The average molecular weight is 455 g/mol. The Balaban J connectivity index is 1.47. The van der Waals surface area contributed by atoms with E-state index in [0.717, 1.165) is 16.8 Å². The molecule has 0 aliphatic heterocycles. The van der Waals surface area contributed by atoms with Crippen LogP contribution < -0.4 is 4.74 Å². The van der Waals surface area contributed by atoms with Crippen molar-refractivity contribution in [2.24, 2.45) is 0 Å². The smallest absolute Gasteiger partial charge is 0.186 e. The molecule has 0 amide bonds. The lowest BCUT2D eigenvalue weighted by atomic mass is 9.99. The Labute approximate surface area is 194 Å². The minimum Gasteiger partial charge on any atom is -0.489 e. The number of carbonyl (C=O) groups excluding carboxylic acids is 1. The van der Waals surface area contributed by atoms with E-state index in [0.29, 0.717) is 39.9 Å². The van der Waals surface area contributed by atoms with Crippen molar-refractivity contribution >= 4 is 17.1 Å². The number of thiazole rings is 1. The highest BCUT2D eigenvalue weighted by molar-refractivity contribution is 7.10. The summed E-state index contributed by atoms with van der Waals surface area (Å²) in [6, 6.07) is 17.8. The number of carbonyl (C=O) groups is 1. The lowest BCUT2D eigenvalue weighted by Crippen LogP contribution is -2.11. The second kappa shape index (κ2) is 9.47. The Kier molecular flexibility index (Phi) is 6.30. The molecule has 1 atom stereocenters. The lowest BCUT2D eigenvalue weighted by Gasteiger charge is -2.08. The summed E-state index contributed by atoms with van der Waals surface area (Å²) < 4.78 is 10.9. The number of aromatic nitrogens is 2. The van der Waals surface area contributed by atoms with Gasteiger partial charge in [-0.3, -0.25) is 4.79 Å². The predicted octanol–water partition coefficient (Wildman–Crippen LogP) is 5.36. The summed E-state index contributed by atoms with van der Waals surface area (Å²) in [4.78, 5) is 17.5. The van der Waals surface area contributed by atoms with Crippen LogP contribution >= 0.6 is 11.3 Å². The Morgan fingerprint density at radius 1 is 1.12 bits per heavy atom. The summed E-state index contributed by atoms with van der Waals surface area (Å²) in [6.45, 7) is 3.99. The molecule has 0 fully saturated rings. The van der Waals surface area contributed by atoms with Crippen molar-refractivity contribution in [3.63, 3.8) is 0 Å². The maximum Gasteiger partial charge on any atom is 0.186 e. The molecule has 162 valence electrons. The molecule has 2 aromatic carbocycles. The van der Waals surface area contributed by atoms with Crippen molar-refractivity contribution in [2.75, 3.05) is 0 Å². The van der Waals surface area contributed by atoms with Gasteiger partial charge in [-0.25, -0.2) is 4.98 Å². The molecule has 0 radical (unpaired) electrons. The minimum atomic E-state index is -1.00. The van der Waals surface area contributed by atoms with Crippen molar-refractivity contribution < 1.29 is 14.1 Å². The van der Waals surface area contributed by atoms with Crippen molar-refractivity contribution in [1.29, 1.82) is 10.5 Å². The van der Waals surface area contributed by atoms with Crippen molar-refractivity contribution in [2.45, 2.75) is 26.4 Å². The summed E-state index contributed by atoms with van der Waals surface area (Å²) >= 11 is 1.26. The van der Waals surface area contributed by atoms with Gasteiger partial charge in [-0.1, -0.05) is 17.3 Å². The number of rotatable bonds is 7. The third-order valence-electron chi connectivity index (χ3n) is 5.17. The number of aryl methyl sites for hydroxylation is 2. The number of nitrogens with zero attached hydrogens (tertiary/aromatic N) is 4. The summed E-state index contributed by atoms with van der Waals surface area (Å²) in [5.41, 5.74) is 4.11. The normalized spacial score (nSPS) is 11.4. The second-order valence-corrected chi connectivity index (χ2v) is 8.19. The van der Waals surface area contributed by atoms with Gasteiger partial charge in [0.15, 0.2) is 11.7 Å². The molecule has 0 aliphatic carbocycles. The Morgan fingerprint density at radius 3 is 2.45 bits per heavy atom. The molecule has 0 saturated carbocycles. The first kappa shape index (κ1) is 21.9. The quantitative estimate of drug-likeness (QED) is 0.346. The Hall–Kier alpha value is -4.27. The summed E-state index contributed by atoms with van der Waals surface area (Å²) in [6.07, 6.45) is 0. The van der Waals surface area contributed by atoms with Crippen LogP contribution in [-0.2, 0) is 6.61 Å². The molecule has 0 saturated heterocycles. The fourth-order valence-corrected chi connectivity index (χ4v) is 4.11. The maximum absolute atomic E-state index is 13.0. The SMILES string of the molecule is Cc1noc(C)c1COc1ccc(C(=O)C(C#N)c2nc(-c3ccc(C#N)cc3)cs2)cc1. The van der Waals surface area contributed by atoms with Gasteiger partial charge in [-0.2, -0.15) is 10.5 Å². The van der Waals surface area contributed by atoms with Gasteiger partial charge in [-0.05, 0) is 50.2 Å². The fraction of sp³-hybridized carbons (Fsp3) is 0.160. The highest BCUT2D eigenvalue weighted by atomic mass is 32.1. The third-order valence-corrected chi connectivity index (χ3v) is 6.08. The van der Waals surface area contributed by atoms with Gasteiger partial charge >= 0.3 is 0 Å². The van der Waals surface area contributed by atoms with E-state index in [9.17, 15) is 10.1 Å². The average Bonchev–Trinajstić information content (AvgIpc) is 3.45. The number of hydrogen-bond acceptors (Lipinski definition) is 8. The van der Waals surface area contributed by atoms with Crippen LogP contribution in [0.3, 0.4) is 0 Å². The number of Topliss-reactive ketones (excluding diaryl/α,β-unsaturated/α-hetero) is 1. The topological polar surface area (TPSA) is 113 Å². The summed E-state index contributed by atoms with van der Waals surface area (Å²) in [5.74, 6) is -0.0240. The number of hydrogen-bond donors (Lipinski definition) is 0. The number of ether oxygens (including phenoxy) is 1. The molecular formula is C25H18N4O3S. The highest BCUT2D eigenvalue weighted by Gasteiger charge is 2.25. The minimum absolute atomic E-state index is 0.312. The molecule has 33 heavy (non-hydrogen) atoms.